The van der Waals surface area contributed by atoms with Crippen molar-refractivity contribution < 1.29 is 13.9 Å². The number of likely N-dealkylation sites (tertiary alicyclic amines) is 1. The van der Waals surface area contributed by atoms with Gasteiger partial charge in [0.2, 0.25) is 6.41 Å². The van der Waals surface area contributed by atoms with Crippen LogP contribution < -0.4 is 15.0 Å². The summed E-state index contributed by atoms with van der Waals surface area (Å²) in [4.78, 5) is 22.2. The summed E-state index contributed by atoms with van der Waals surface area (Å²) in [5.74, 6) is 0.244. The summed E-state index contributed by atoms with van der Waals surface area (Å²) in [6, 6.07) is 11.2. The van der Waals surface area contributed by atoms with E-state index in [9.17, 15) is 9.18 Å². The number of halogens is 1. The molecule has 2 aromatic carbocycles. The average molecular weight is 442 g/mol. The third-order valence-electron chi connectivity index (χ3n) is 6.01. The van der Waals surface area contributed by atoms with Crippen molar-refractivity contribution in [3.63, 3.8) is 0 Å². The molecule has 0 aliphatic carbocycles. The molecule has 0 atom stereocenters. The van der Waals surface area contributed by atoms with Crippen molar-refractivity contribution in [3.05, 3.63) is 42.2 Å². The molecule has 1 aromatic heterocycles. The number of hydrogen-bond donors (Lipinski definition) is 1. The van der Waals surface area contributed by atoms with E-state index in [1.165, 1.54) is 23.5 Å². The third-order valence-corrected chi connectivity index (χ3v) is 6.96. The van der Waals surface area contributed by atoms with Gasteiger partial charge in [-0.2, -0.15) is 0 Å². The molecule has 1 amide bonds. The van der Waals surface area contributed by atoms with Crippen LogP contribution in [0.3, 0.4) is 0 Å². The molecule has 2 aliphatic rings. The van der Waals surface area contributed by atoms with Gasteiger partial charge in [-0.1, -0.05) is 11.3 Å². The maximum Gasteiger partial charge on any atom is 0.209 e. The van der Waals surface area contributed by atoms with Crippen LogP contribution in [0.1, 0.15) is 0 Å². The molecule has 9 heteroatoms. The van der Waals surface area contributed by atoms with E-state index < -0.39 is 0 Å². The fraction of sp³-hybridized carbons (Fsp3) is 0.364. The third kappa shape index (κ3) is 4.03. The van der Waals surface area contributed by atoms with Gasteiger partial charge in [-0.3, -0.25) is 9.69 Å². The van der Waals surface area contributed by atoms with E-state index >= 15 is 0 Å². The van der Waals surface area contributed by atoms with Crippen LogP contribution in [0.15, 0.2) is 36.4 Å². The molecule has 2 fully saturated rings. The molecule has 0 saturated carbocycles. The minimum Gasteiger partial charge on any atom is -0.495 e. The number of ether oxygens (including phenoxy) is 1. The topological polar surface area (TPSA) is 60.9 Å². The zero-order chi connectivity index (χ0) is 21.4. The summed E-state index contributed by atoms with van der Waals surface area (Å²) in [5, 5.41) is 3.89. The van der Waals surface area contributed by atoms with Gasteiger partial charge in [-0.25, -0.2) is 9.37 Å². The van der Waals surface area contributed by atoms with E-state index in [2.05, 4.69) is 33.3 Å². The van der Waals surface area contributed by atoms with E-state index in [4.69, 9.17) is 9.72 Å². The van der Waals surface area contributed by atoms with Crippen molar-refractivity contribution in [1.29, 1.82) is 0 Å². The summed E-state index contributed by atoms with van der Waals surface area (Å²) in [7, 11) is 1.56. The lowest BCUT2D eigenvalue weighted by atomic mass is 10.1. The number of nitrogens with one attached hydrogen (secondary N) is 1. The summed E-state index contributed by atoms with van der Waals surface area (Å²) in [6.45, 7) is 5.61. The van der Waals surface area contributed by atoms with E-state index in [-0.39, 0.29) is 5.82 Å². The highest BCUT2D eigenvalue weighted by molar-refractivity contribution is 7.22. The lowest BCUT2D eigenvalue weighted by molar-refractivity contribution is -0.125. The number of carbonyl (C=O) groups is 1. The van der Waals surface area contributed by atoms with Crippen LogP contribution in [-0.4, -0.2) is 73.6 Å². The zero-order valence-electron chi connectivity index (χ0n) is 17.3. The Hall–Kier alpha value is -2.91. The van der Waals surface area contributed by atoms with Gasteiger partial charge in [0.1, 0.15) is 11.6 Å². The van der Waals surface area contributed by atoms with Crippen LogP contribution in [0.4, 0.5) is 20.9 Å². The number of nitrogens with zero attached hydrogens (tertiary/aromatic N) is 4. The second-order valence-electron chi connectivity index (χ2n) is 7.88. The Kier molecular flexibility index (Phi) is 5.37. The molecule has 0 bridgehead atoms. The normalized spacial score (nSPS) is 17.6. The van der Waals surface area contributed by atoms with Gasteiger partial charge in [0.25, 0.3) is 0 Å². The molecule has 0 spiro atoms. The highest BCUT2D eigenvalue weighted by Crippen LogP contribution is 2.34. The van der Waals surface area contributed by atoms with Crippen LogP contribution in [0.5, 0.6) is 5.75 Å². The number of hydrogen-bond acceptors (Lipinski definition) is 7. The van der Waals surface area contributed by atoms with E-state index in [0.717, 1.165) is 61.6 Å². The van der Waals surface area contributed by atoms with Crippen LogP contribution in [0.2, 0.25) is 0 Å². The second kappa shape index (κ2) is 8.32. The lowest BCUT2D eigenvalue weighted by Gasteiger charge is -2.47. The Labute approximate surface area is 184 Å². The first kappa shape index (κ1) is 20.0. The minimum absolute atomic E-state index is 0.327. The van der Waals surface area contributed by atoms with Gasteiger partial charge in [0.05, 0.1) is 23.0 Å². The molecular formula is C22H24FN5O2S. The molecule has 0 unspecified atom stereocenters. The molecule has 1 N–H and O–H groups in total. The first-order chi connectivity index (χ1) is 15.1. The van der Waals surface area contributed by atoms with Crippen molar-refractivity contribution in [2.45, 2.75) is 6.04 Å². The second-order valence-corrected chi connectivity index (χ2v) is 8.91. The zero-order valence-corrected chi connectivity index (χ0v) is 18.1. The highest BCUT2D eigenvalue weighted by Gasteiger charge is 2.32. The van der Waals surface area contributed by atoms with E-state index in [1.54, 1.807) is 13.2 Å². The molecule has 5 rings (SSSR count). The molecule has 2 aliphatic heterocycles. The maximum absolute atomic E-state index is 13.7. The number of amides is 1. The summed E-state index contributed by atoms with van der Waals surface area (Å²) < 4.78 is 20.0. The van der Waals surface area contributed by atoms with Gasteiger partial charge in [0.15, 0.2) is 5.13 Å². The van der Waals surface area contributed by atoms with Crippen molar-refractivity contribution in [2.24, 2.45) is 0 Å². The number of benzene rings is 2. The Morgan fingerprint density at radius 3 is 2.71 bits per heavy atom. The average Bonchev–Trinajstić information content (AvgIpc) is 3.15. The number of anilines is 3. The molecule has 3 aromatic rings. The number of fused-ring (bicyclic) bond motifs is 1. The number of aromatic nitrogens is 1. The predicted molar refractivity (Wildman–Crippen MR) is 121 cm³/mol. The fourth-order valence-corrected chi connectivity index (χ4v) is 5.07. The Morgan fingerprint density at radius 2 is 1.97 bits per heavy atom. The highest BCUT2D eigenvalue weighted by atomic mass is 32.1. The standard InChI is InChI=1S/C22H24FN5O2S/c1-30-20-4-2-15(23)10-18(20)24-22-25-19-11-16(3-5-21(19)31-22)27-6-8-28(9-7-27)17-12-26(13-17)14-29/h2-5,10-11,14,17H,6-9,12-13H2,1H3,(H,24,25). The van der Waals surface area contributed by atoms with Gasteiger partial charge in [-0.15, -0.1) is 0 Å². The van der Waals surface area contributed by atoms with Gasteiger partial charge >= 0.3 is 0 Å². The molecule has 2 saturated heterocycles. The Balaban J connectivity index is 1.27. The first-order valence-corrected chi connectivity index (χ1v) is 11.1. The molecule has 31 heavy (non-hydrogen) atoms. The minimum atomic E-state index is -0.327. The summed E-state index contributed by atoms with van der Waals surface area (Å²) in [5.41, 5.74) is 2.64. The van der Waals surface area contributed by atoms with E-state index in [1.807, 2.05) is 4.90 Å². The van der Waals surface area contributed by atoms with Crippen LogP contribution in [-0.2, 0) is 4.79 Å². The van der Waals surface area contributed by atoms with Gasteiger partial charge in [-0.05, 0) is 30.3 Å². The Bertz CT molecular complexity index is 1090. The number of rotatable bonds is 6. The number of piperazine rings is 1. The number of thiazole rings is 1. The van der Waals surface area contributed by atoms with Crippen LogP contribution >= 0.6 is 11.3 Å². The first-order valence-electron chi connectivity index (χ1n) is 10.3. The molecule has 0 radical (unpaired) electrons. The summed E-state index contributed by atoms with van der Waals surface area (Å²) >= 11 is 1.53. The van der Waals surface area contributed by atoms with Crippen LogP contribution in [0, 0.1) is 5.82 Å². The maximum atomic E-state index is 13.7. The van der Waals surface area contributed by atoms with Crippen molar-refractivity contribution >= 4 is 44.5 Å². The molecule has 162 valence electrons. The quantitative estimate of drug-likeness (QED) is 0.593. The smallest absolute Gasteiger partial charge is 0.209 e. The number of carbonyl (C=O) groups excluding carboxylic acids is 1. The lowest BCUT2D eigenvalue weighted by Crippen LogP contribution is -2.62. The molecular weight excluding hydrogens is 417 g/mol. The Morgan fingerprint density at radius 1 is 1.16 bits per heavy atom. The fourth-order valence-electron chi connectivity index (χ4n) is 4.21. The van der Waals surface area contributed by atoms with Gasteiger partial charge < -0.3 is 19.9 Å². The monoisotopic (exact) mass is 441 g/mol. The van der Waals surface area contributed by atoms with Crippen molar-refractivity contribution in [2.75, 3.05) is 56.6 Å². The van der Waals surface area contributed by atoms with Crippen molar-refractivity contribution in [3.8, 4) is 5.75 Å². The molecule has 3 heterocycles. The predicted octanol–water partition coefficient (Wildman–Crippen LogP) is 3.15. The molecule has 7 nitrogen and oxygen atoms in total. The van der Waals surface area contributed by atoms with Crippen molar-refractivity contribution in [1.82, 2.24) is 14.8 Å². The van der Waals surface area contributed by atoms with E-state index in [0.29, 0.717) is 22.6 Å². The largest absolute Gasteiger partial charge is 0.495 e. The van der Waals surface area contributed by atoms with Crippen LogP contribution in [0.25, 0.3) is 10.2 Å². The van der Waals surface area contributed by atoms with Gasteiger partial charge in [0, 0.05) is 57.1 Å². The SMILES string of the molecule is COc1ccc(F)cc1Nc1nc2cc(N3CCN(C4CN(C=O)C4)CC3)ccc2s1. The summed E-state index contributed by atoms with van der Waals surface area (Å²) in [6.07, 6.45) is 0.934. The number of methoxy groups -OCH3 is 1.